The van der Waals surface area contributed by atoms with Crippen LogP contribution in [0.2, 0.25) is 0 Å². The molecule has 2 N–H and O–H groups in total. The first-order chi connectivity index (χ1) is 16.1. The SMILES string of the molecule is CC(NC(=O)CCc1nc(-c2ccccc2)no1)c1cccc(NC(=O)c2ccccc2)c1. The maximum Gasteiger partial charge on any atom is 0.255 e. The van der Waals surface area contributed by atoms with Crippen LogP contribution in [0.4, 0.5) is 5.69 Å². The normalized spacial score (nSPS) is 11.5. The zero-order valence-electron chi connectivity index (χ0n) is 18.2. The summed E-state index contributed by atoms with van der Waals surface area (Å²) in [5.41, 5.74) is 3.01. The van der Waals surface area contributed by atoms with E-state index in [2.05, 4.69) is 20.8 Å². The highest BCUT2D eigenvalue weighted by molar-refractivity contribution is 6.04. The lowest BCUT2D eigenvalue weighted by Gasteiger charge is -2.15. The molecular weight excluding hydrogens is 416 g/mol. The minimum absolute atomic E-state index is 0.124. The second kappa shape index (κ2) is 10.4. The van der Waals surface area contributed by atoms with Gasteiger partial charge >= 0.3 is 0 Å². The highest BCUT2D eigenvalue weighted by atomic mass is 16.5. The highest BCUT2D eigenvalue weighted by Crippen LogP contribution is 2.19. The second-order valence-electron chi connectivity index (χ2n) is 7.61. The average Bonchev–Trinajstić information content (AvgIpc) is 3.33. The number of carbonyl (C=O) groups excluding carboxylic acids is 2. The predicted molar refractivity (Wildman–Crippen MR) is 125 cm³/mol. The average molecular weight is 441 g/mol. The van der Waals surface area contributed by atoms with Gasteiger partial charge in [-0.05, 0) is 36.8 Å². The van der Waals surface area contributed by atoms with Crippen LogP contribution in [-0.2, 0) is 11.2 Å². The molecule has 0 saturated heterocycles. The van der Waals surface area contributed by atoms with Gasteiger partial charge in [-0.3, -0.25) is 9.59 Å². The van der Waals surface area contributed by atoms with Crippen LogP contribution in [0.15, 0.2) is 89.5 Å². The number of nitrogens with one attached hydrogen (secondary N) is 2. The fourth-order valence-electron chi connectivity index (χ4n) is 3.36. The van der Waals surface area contributed by atoms with E-state index in [0.29, 0.717) is 29.4 Å². The van der Waals surface area contributed by atoms with Crippen molar-refractivity contribution in [3.05, 3.63) is 102 Å². The van der Waals surface area contributed by atoms with E-state index in [1.165, 1.54) is 0 Å². The molecule has 2 amide bonds. The van der Waals surface area contributed by atoms with E-state index in [9.17, 15) is 9.59 Å². The lowest BCUT2D eigenvalue weighted by atomic mass is 10.1. The number of nitrogens with zero attached hydrogens (tertiary/aromatic N) is 2. The number of hydrogen-bond donors (Lipinski definition) is 2. The Morgan fingerprint density at radius 2 is 1.67 bits per heavy atom. The molecule has 0 radical (unpaired) electrons. The molecule has 0 spiro atoms. The molecule has 1 unspecified atom stereocenters. The molecule has 0 aliphatic heterocycles. The Bertz CT molecular complexity index is 1220. The van der Waals surface area contributed by atoms with Crippen LogP contribution in [0.25, 0.3) is 11.4 Å². The maximum atomic E-state index is 12.5. The Labute approximate surface area is 191 Å². The zero-order chi connectivity index (χ0) is 23.0. The van der Waals surface area contributed by atoms with E-state index in [0.717, 1.165) is 11.1 Å². The largest absolute Gasteiger partial charge is 0.350 e. The number of amides is 2. The predicted octanol–water partition coefficient (Wildman–Crippen LogP) is 4.80. The van der Waals surface area contributed by atoms with Gasteiger partial charge in [0, 0.05) is 29.7 Å². The van der Waals surface area contributed by atoms with Crippen molar-refractivity contribution in [2.45, 2.75) is 25.8 Å². The summed E-state index contributed by atoms with van der Waals surface area (Å²) in [6.45, 7) is 1.90. The summed E-state index contributed by atoms with van der Waals surface area (Å²) >= 11 is 0. The molecule has 1 atom stereocenters. The first-order valence-corrected chi connectivity index (χ1v) is 10.7. The Morgan fingerprint density at radius 3 is 2.42 bits per heavy atom. The molecule has 1 heterocycles. The highest BCUT2D eigenvalue weighted by Gasteiger charge is 2.14. The van der Waals surface area contributed by atoms with E-state index >= 15 is 0 Å². The van der Waals surface area contributed by atoms with Crippen LogP contribution in [0, 0.1) is 0 Å². The third kappa shape index (κ3) is 5.92. The Morgan fingerprint density at radius 1 is 0.939 bits per heavy atom. The van der Waals surface area contributed by atoms with Gasteiger partial charge in [0.25, 0.3) is 5.91 Å². The lowest BCUT2D eigenvalue weighted by Crippen LogP contribution is -2.27. The van der Waals surface area contributed by atoms with Crippen molar-refractivity contribution in [3.8, 4) is 11.4 Å². The van der Waals surface area contributed by atoms with Gasteiger partial charge in [-0.1, -0.05) is 65.8 Å². The van der Waals surface area contributed by atoms with Crippen molar-refractivity contribution in [3.63, 3.8) is 0 Å². The van der Waals surface area contributed by atoms with E-state index in [1.807, 2.05) is 79.7 Å². The first-order valence-electron chi connectivity index (χ1n) is 10.7. The Balaban J connectivity index is 1.30. The quantitative estimate of drug-likeness (QED) is 0.410. The van der Waals surface area contributed by atoms with Gasteiger partial charge in [-0.2, -0.15) is 4.98 Å². The van der Waals surface area contributed by atoms with E-state index in [4.69, 9.17) is 4.52 Å². The summed E-state index contributed by atoms with van der Waals surface area (Å²) in [6, 6.07) is 25.8. The summed E-state index contributed by atoms with van der Waals surface area (Å²) in [5, 5.41) is 9.84. The third-order valence-electron chi connectivity index (χ3n) is 5.12. The molecule has 0 aliphatic rings. The van der Waals surface area contributed by atoms with Crippen LogP contribution < -0.4 is 10.6 Å². The lowest BCUT2D eigenvalue weighted by molar-refractivity contribution is -0.121. The summed E-state index contributed by atoms with van der Waals surface area (Å²) in [4.78, 5) is 29.2. The summed E-state index contributed by atoms with van der Waals surface area (Å²) in [6.07, 6.45) is 0.580. The molecule has 4 rings (SSSR count). The molecule has 4 aromatic rings. The van der Waals surface area contributed by atoms with Gasteiger partial charge in [-0.25, -0.2) is 0 Å². The molecule has 0 bridgehead atoms. The van der Waals surface area contributed by atoms with Crippen LogP contribution >= 0.6 is 0 Å². The van der Waals surface area contributed by atoms with Crippen molar-refractivity contribution in [2.75, 3.05) is 5.32 Å². The fourth-order valence-corrected chi connectivity index (χ4v) is 3.36. The van der Waals surface area contributed by atoms with Gasteiger partial charge in [0.15, 0.2) is 0 Å². The number of benzene rings is 3. The van der Waals surface area contributed by atoms with E-state index in [-0.39, 0.29) is 24.3 Å². The number of hydrogen-bond acceptors (Lipinski definition) is 5. The molecule has 0 fully saturated rings. The second-order valence-corrected chi connectivity index (χ2v) is 7.61. The minimum atomic E-state index is -0.228. The molecule has 33 heavy (non-hydrogen) atoms. The molecule has 1 aromatic heterocycles. The number of rotatable bonds is 8. The molecular formula is C26H24N4O3. The first kappa shape index (κ1) is 22.0. The monoisotopic (exact) mass is 440 g/mol. The molecule has 7 heteroatoms. The number of aromatic nitrogens is 2. The van der Waals surface area contributed by atoms with Gasteiger partial charge < -0.3 is 15.2 Å². The number of anilines is 1. The van der Waals surface area contributed by atoms with Crippen molar-refractivity contribution >= 4 is 17.5 Å². The molecule has 7 nitrogen and oxygen atoms in total. The van der Waals surface area contributed by atoms with Crippen LogP contribution in [-0.4, -0.2) is 22.0 Å². The summed E-state index contributed by atoms with van der Waals surface area (Å²) in [5.74, 6) is 0.621. The van der Waals surface area contributed by atoms with Crippen molar-refractivity contribution in [2.24, 2.45) is 0 Å². The van der Waals surface area contributed by atoms with Gasteiger partial charge in [0.2, 0.25) is 17.6 Å². The van der Waals surface area contributed by atoms with Crippen LogP contribution in [0.1, 0.15) is 41.2 Å². The van der Waals surface area contributed by atoms with Crippen molar-refractivity contribution < 1.29 is 14.1 Å². The Hall–Kier alpha value is -4.26. The fraction of sp³-hybridized carbons (Fsp3) is 0.154. The molecule has 0 aliphatic carbocycles. The topological polar surface area (TPSA) is 97.1 Å². The standard InChI is InChI=1S/C26H24N4O3/c1-18(21-13-8-14-22(17-21)28-26(32)20-11-6-3-7-12-20)27-23(31)15-16-24-29-25(30-33-24)19-9-4-2-5-10-19/h2-14,17-18H,15-16H2,1H3,(H,27,31)(H,28,32). The molecule has 0 saturated carbocycles. The van der Waals surface area contributed by atoms with Gasteiger partial charge in [0.05, 0.1) is 6.04 Å². The van der Waals surface area contributed by atoms with Crippen molar-refractivity contribution in [1.82, 2.24) is 15.5 Å². The van der Waals surface area contributed by atoms with E-state index in [1.54, 1.807) is 12.1 Å². The van der Waals surface area contributed by atoms with Crippen LogP contribution in [0.3, 0.4) is 0 Å². The molecule has 166 valence electrons. The zero-order valence-corrected chi connectivity index (χ0v) is 18.2. The Kier molecular flexibility index (Phi) is 6.90. The van der Waals surface area contributed by atoms with E-state index < -0.39 is 0 Å². The summed E-state index contributed by atoms with van der Waals surface area (Å²) < 4.78 is 5.27. The number of aryl methyl sites for hydroxylation is 1. The van der Waals surface area contributed by atoms with Crippen LogP contribution in [0.5, 0.6) is 0 Å². The van der Waals surface area contributed by atoms with Crippen molar-refractivity contribution in [1.29, 1.82) is 0 Å². The third-order valence-corrected chi connectivity index (χ3v) is 5.12. The minimum Gasteiger partial charge on any atom is -0.350 e. The van der Waals surface area contributed by atoms with Gasteiger partial charge in [-0.15, -0.1) is 0 Å². The molecule has 3 aromatic carbocycles. The number of carbonyl (C=O) groups is 2. The maximum absolute atomic E-state index is 12.5. The van der Waals surface area contributed by atoms with Gasteiger partial charge in [0.1, 0.15) is 0 Å². The summed E-state index contributed by atoms with van der Waals surface area (Å²) in [7, 11) is 0. The smallest absolute Gasteiger partial charge is 0.255 e.